The zero-order valence-electron chi connectivity index (χ0n) is 12.0. The molecule has 0 aliphatic heterocycles. The number of rotatable bonds is 6. The lowest BCUT2D eigenvalue weighted by Gasteiger charge is -2.27. The van der Waals surface area contributed by atoms with Crippen LogP contribution in [-0.2, 0) is 4.79 Å². The summed E-state index contributed by atoms with van der Waals surface area (Å²) in [7, 11) is 0. The highest BCUT2D eigenvalue weighted by molar-refractivity contribution is 6.34. The molecule has 5 nitrogen and oxygen atoms in total. The molecule has 0 atom stereocenters. The Bertz CT molecular complexity index is 490. The number of halogens is 1. The summed E-state index contributed by atoms with van der Waals surface area (Å²) >= 11 is 6.05. The van der Waals surface area contributed by atoms with Crippen molar-refractivity contribution in [2.45, 2.75) is 31.7 Å². The molecule has 21 heavy (non-hydrogen) atoms. The summed E-state index contributed by atoms with van der Waals surface area (Å²) in [4.78, 5) is 14.2. The second kappa shape index (κ2) is 7.64. The first kappa shape index (κ1) is 16.1. The summed E-state index contributed by atoms with van der Waals surface area (Å²) in [5.74, 6) is -0.123. The van der Waals surface area contributed by atoms with E-state index in [1.807, 2.05) is 4.90 Å². The molecule has 0 bridgehead atoms. The molecule has 0 spiro atoms. The van der Waals surface area contributed by atoms with Crippen LogP contribution in [0.25, 0.3) is 0 Å². The van der Waals surface area contributed by atoms with Crippen molar-refractivity contribution < 1.29 is 9.90 Å². The minimum atomic E-state index is -0.123. The average molecular weight is 312 g/mol. The lowest BCUT2D eigenvalue weighted by atomic mass is 10.2. The number of hydrogen-bond acceptors (Lipinski definition) is 4. The predicted octanol–water partition coefficient (Wildman–Crippen LogP) is 2.10. The van der Waals surface area contributed by atoms with Crippen LogP contribution in [0.5, 0.6) is 0 Å². The number of hydrogen-bond donors (Lipinski definition) is 3. The van der Waals surface area contributed by atoms with E-state index in [4.69, 9.17) is 22.4 Å². The number of aliphatic hydroxyl groups excluding tert-OH is 1. The van der Waals surface area contributed by atoms with Crippen LogP contribution in [0.4, 0.5) is 11.4 Å². The van der Waals surface area contributed by atoms with Gasteiger partial charge >= 0.3 is 0 Å². The Morgan fingerprint density at radius 3 is 2.76 bits per heavy atom. The van der Waals surface area contributed by atoms with Gasteiger partial charge in [-0.25, -0.2) is 0 Å². The molecule has 0 aromatic heterocycles. The molecule has 1 aliphatic carbocycles. The highest BCUT2D eigenvalue weighted by atomic mass is 35.5. The maximum Gasteiger partial charge on any atom is 0.238 e. The molecule has 6 heteroatoms. The van der Waals surface area contributed by atoms with Crippen molar-refractivity contribution in [3.8, 4) is 0 Å². The zero-order valence-corrected chi connectivity index (χ0v) is 12.8. The van der Waals surface area contributed by atoms with Gasteiger partial charge in [-0.2, -0.15) is 0 Å². The Labute approximate surface area is 130 Å². The second-order valence-electron chi connectivity index (χ2n) is 5.42. The third-order valence-electron chi connectivity index (χ3n) is 3.84. The Morgan fingerprint density at radius 2 is 2.14 bits per heavy atom. The van der Waals surface area contributed by atoms with E-state index in [2.05, 4.69) is 5.32 Å². The normalized spacial score (nSPS) is 15.6. The van der Waals surface area contributed by atoms with Gasteiger partial charge in [-0.3, -0.25) is 9.69 Å². The number of nitrogens with zero attached hydrogens (tertiary/aromatic N) is 1. The Balaban J connectivity index is 1.95. The van der Waals surface area contributed by atoms with Gasteiger partial charge in [-0.05, 0) is 31.0 Å². The van der Waals surface area contributed by atoms with Gasteiger partial charge in [0, 0.05) is 18.3 Å². The van der Waals surface area contributed by atoms with Crippen LogP contribution in [0.2, 0.25) is 5.02 Å². The van der Waals surface area contributed by atoms with Crippen LogP contribution >= 0.6 is 11.6 Å². The largest absolute Gasteiger partial charge is 0.399 e. The number of nitrogens with two attached hydrogens (primary N) is 1. The number of benzene rings is 1. The third-order valence-corrected chi connectivity index (χ3v) is 4.15. The maximum atomic E-state index is 12.2. The maximum absolute atomic E-state index is 12.2. The fourth-order valence-corrected chi connectivity index (χ4v) is 3.03. The van der Waals surface area contributed by atoms with Crippen molar-refractivity contribution in [3.63, 3.8) is 0 Å². The van der Waals surface area contributed by atoms with Crippen molar-refractivity contribution >= 4 is 28.9 Å². The molecule has 0 saturated heterocycles. The molecule has 1 fully saturated rings. The fourth-order valence-electron chi connectivity index (χ4n) is 2.80. The zero-order chi connectivity index (χ0) is 15.2. The van der Waals surface area contributed by atoms with Gasteiger partial charge in [-0.1, -0.05) is 24.4 Å². The third kappa shape index (κ3) is 4.59. The van der Waals surface area contributed by atoms with Crippen molar-refractivity contribution in [1.29, 1.82) is 0 Å². The molecule has 1 aromatic carbocycles. The van der Waals surface area contributed by atoms with E-state index in [1.54, 1.807) is 18.2 Å². The smallest absolute Gasteiger partial charge is 0.238 e. The van der Waals surface area contributed by atoms with Crippen molar-refractivity contribution in [3.05, 3.63) is 23.2 Å². The minimum absolute atomic E-state index is 0.0619. The molecule has 0 radical (unpaired) electrons. The Hall–Kier alpha value is -1.30. The first-order chi connectivity index (χ1) is 10.1. The number of carbonyl (C=O) groups excluding carboxylic acids is 1. The Morgan fingerprint density at radius 1 is 1.43 bits per heavy atom. The molecule has 4 N–H and O–H groups in total. The van der Waals surface area contributed by atoms with E-state index < -0.39 is 0 Å². The van der Waals surface area contributed by atoms with Crippen LogP contribution in [0.15, 0.2) is 18.2 Å². The van der Waals surface area contributed by atoms with Crippen LogP contribution in [0.1, 0.15) is 25.7 Å². The highest BCUT2D eigenvalue weighted by Crippen LogP contribution is 2.25. The number of carbonyl (C=O) groups is 1. The van der Waals surface area contributed by atoms with E-state index in [0.29, 0.717) is 29.0 Å². The summed E-state index contributed by atoms with van der Waals surface area (Å²) in [5.41, 5.74) is 6.75. The van der Waals surface area contributed by atoms with E-state index in [1.165, 1.54) is 12.8 Å². The topological polar surface area (TPSA) is 78.6 Å². The Kier molecular flexibility index (Phi) is 5.85. The molecule has 1 amide bonds. The molecule has 0 heterocycles. The van der Waals surface area contributed by atoms with Crippen molar-refractivity contribution in [1.82, 2.24) is 4.90 Å². The molecule has 1 aliphatic rings. The predicted molar refractivity (Wildman–Crippen MR) is 85.4 cm³/mol. The molecular formula is C15H22ClN3O2. The summed E-state index contributed by atoms with van der Waals surface area (Å²) in [6, 6.07) is 5.40. The number of anilines is 2. The lowest BCUT2D eigenvalue weighted by molar-refractivity contribution is -0.118. The standard InChI is InChI=1S/C15H22ClN3O2/c16-13-9-11(17)5-6-14(13)18-15(21)10-19(7-8-20)12-3-1-2-4-12/h5-6,9,12,20H,1-4,7-8,10,17H2,(H,18,21). The summed E-state index contributed by atoms with van der Waals surface area (Å²) in [5, 5.41) is 12.4. The average Bonchev–Trinajstić information content (AvgIpc) is 2.95. The van der Waals surface area contributed by atoms with Gasteiger partial charge in [0.1, 0.15) is 0 Å². The lowest BCUT2D eigenvalue weighted by Crippen LogP contribution is -2.41. The SMILES string of the molecule is Nc1ccc(NC(=O)CN(CCO)C2CCCC2)c(Cl)c1. The molecule has 116 valence electrons. The number of nitrogen functional groups attached to an aromatic ring is 1. The van der Waals surface area contributed by atoms with Crippen molar-refractivity contribution in [2.24, 2.45) is 0 Å². The van der Waals surface area contributed by atoms with Crippen LogP contribution in [-0.4, -0.2) is 41.7 Å². The van der Waals surface area contributed by atoms with E-state index >= 15 is 0 Å². The van der Waals surface area contributed by atoms with Gasteiger partial charge in [0.15, 0.2) is 0 Å². The number of aliphatic hydroxyl groups is 1. The fraction of sp³-hybridized carbons (Fsp3) is 0.533. The van der Waals surface area contributed by atoms with Gasteiger partial charge in [0.05, 0.1) is 23.9 Å². The monoisotopic (exact) mass is 311 g/mol. The summed E-state index contributed by atoms with van der Waals surface area (Å²) < 4.78 is 0. The van der Waals surface area contributed by atoms with Gasteiger partial charge in [0.2, 0.25) is 5.91 Å². The van der Waals surface area contributed by atoms with Gasteiger partial charge < -0.3 is 16.2 Å². The van der Waals surface area contributed by atoms with Gasteiger partial charge in [0.25, 0.3) is 0 Å². The number of nitrogens with one attached hydrogen (secondary N) is 1. The van der Waals surface area contributed by atoms with E-state index in [0.717, 1.165) is 12.8 Å². The molecular weight excluding hydrogens is 290 g/mol. The molecule has 1 saturated carbocycles. The highest BCUT2D eigenvalue weighted by Gasteiger charge is 2.24. The quantitative estimate of drug-likeness (QED) is 0.703. The summed E-state index contributed by atoms with van der Waals surface area (Å²) in [6.07, 6.45) is 4.57. The van der Waals surface area contributed by atoms with Crippen LogP contribution in [0.3, 0.4) is 0 Å². The van der Waals surface area contributed by atoms with Gasteiger partial charge in [-0.15, -0.1) is 0 Å². The second-order valence-corrected chi connectivity index (χ2v) is 5.83. The molecule has 0 unspecified atom stereocenters. The van der Waals surface area contributed by atoms with Crippen LogP contribution < -0.4 is 11.1 Å². The first-order valence-corrected chi connectivity index (χ1v) is 7.67. The minimum Gasteiger partial charge on any atom is -0.399 e. The van der Waals surface area contributed by atoms with Crippen molar-refractivity contribution in [2.75, 3.05) is 30.7 Å². The summed E-state index contributed by atoms with van der Waals surface area (Å²) in [6.45, 7) is 0.853. The van der Waals surface area contributed by atoms with E-state index in [9.17, 15) is 4.79 Å². The first-order valence-electron chi connectivity index (χ1n) is 7.30. The molecule has 2 rings (SSSR count). The molecule has 1 aromatic rings. The number of amides is 1. The van der Waals surface area contributed by atoms with E-state index in [-0.39, 0.29) is 19.1 Å². The van der Waals surface area contributed by atoms with Crippen LogP contribution in [0, 0.1) is 0 Å².